The standard InChI is InChI=1S/C10H13NS/c1-8(2)11-12-10-6-4-9(3)5-7-10/h4-7,11H,1H2,2-3H3. The number of benzene rings is 1. The van der Waals surface area contributed by atoms with E-state index in [2.05, 4.69) is 42.5 Å². The van der Waals surface area contributed by atoms with Crippen LogP contribution in [0.25, 0.3) is 0 Å². The van der Waals surface area contributed by atoms with Gasteiger partial charge in [-0.1, -0.05) is 24.3 Å². The number of allylic oxidation sites excluding steroid dienone is 1. The van der Waals surface area contributed by atoms with Crippen molar-refractivity contribution < 1.29 is 0 Å². The van der Waals surface area contributed by atoms with Gasteiger partial charge in [0.05, 0.1) is 0 Å². The third-order valence-corrected chi connectivity index (χ3v) is 2.32. The van der Waals surface area contributed by atoms with Crippen molar-refractivity contribution in [2.75, 3.05) is 0 Å². The molecule has 0 radical (unpaired) electrons. The molecule has 12 heavy (non-hydrogen) atoms. The van der Waals surface area contributed by atoms with E-state index in [1.165, 1.54) is 10.5 Å². The van der Waals surface area contributed by atoms with Crippen LogP contribution in [0.5, 0.6) is 0 Å². The van der Waals surface area contributed by atoms with Crippen LogP contribution in [0.2, 0.25) is 0 Å². The quantitative estimate of drug-likeness (QED) is 0.715. The van der Waals surface area contributed by atoms with Crippen LogP contribution in [0.15, 0.2) is 41.4 Å². The van der Waals surface area contributed by atoms with E-state index in [0.29, 0.717) is 0 Å². The zero-order valence-corrected chi connectivity index (χ0v) is 8.24. The Morgan fingerprint density at radius 2 is 1.92 bits per heavy atom. The van der Waals surface area contributed by atoms with Gasteiger partial charge in [0.2, 0.25) is 0 Å². The molecule has 0 saturated carbocycles. The van der Waals surface area contributed by atoms with Crippen molar-refractivity contribution in [3.8, 4) is 0 Å². The summed E-state index contributed by atoms with van der Waals surface area (Å²) in [4.78, 5) is 1.21. The van der Waals surface area contributed by atoms with Gasteiger partial charge in [-0.2, -0.15) is 0 Å². The van der Waals surface area contributed by atoms with Crippen LogP contribution in [0, 0.1) is 6.92 Å². The molecule has 0 spiro atoms. The van der Waals surface area contributed by atoms with Crippen molar-refractivity contribution in [3.05, 3.63) is 42.1 Å². The predicted molar refractivity (Wildman–Crippen MR) is 55.0 cm³/mol. The Balaban J connectivity index is 2.53. The topological polar surface area (TPSA) is 12.0 Å². The minimum atomic E-state index is 0.973. The van der Waals surface area contributed by atoms with Gasteiger partial charge < -0.3 is 4.72 Å². The third kappa shape index (κ3) is 3.01. The van der Waals surface area contributed by atoms with Gasteiger partial charge in [-0.05, 0) is 37.9 Å². The van der Waals surface area contributed by atoms with E-state index in [4.69, 9.17) is 0 Å². The second-order valence-corrected chi connectivity index (χ2v) is 3.68. The van der Waals surface area contributed by atoms with Gasteiger partial charge in [0.15, 0.2) is 0 Å². The Bertz CT molecular complexity index is 264. The van der Waals surface area contributed by atoms with E-state index in [0.717, 1.165) is 5.70 Å². The van der Waals surface area contributed by atoms with Gasteiger partial charge in [0.1, 0.15) is 0 Å². The fourth-order valence-electron chi connectivity index (χ4n) is 0.752. The van der Waals surface area contributed by atoms with Gasteiger partial charge in [-0.15, -0.1) is 0 Å². The highest BCUT2D eigenvalue weighted by Gasteiger charge is 1.91. The molecule has 0 bridgehead atoms. The Morgan fingerprint density at radius 3 is 2.42 bits per heavy atom. The molecule has 2 heteroatoms. The van der Waals surface area contributed by atoms with Crippen LogP contribution in [0.4, 0.5) is 0 Å². The number of nitrogens with one attached hydrogen (secondary N) is 1. The second kappa shape index (κ2) is 4.21. The van der Waals surface area contributed by atoms with Crippen molar-refractivity contribution in [2.45, 2.75) is 18.7 Å². The van der Waals surface area contributed by atoms with E-state index in [1.807, 2.05) is 6.92 Å². The first-order chi connectivity index (χ1) is 5.68. The first-order valence-electron chi connectivity index (χ1n) is 3.83. The summed E-state index contributed by atoms with van der Waals surface area (Å²) in [5.74, 6) is 0. The van der Waals surface area contributed by atoms with Crippen LogP contribution in [-0.4, -0.2) is 0 Å². The molecular weight excluding hydrogens is 166 g/mol. The van der Waals surface area contributed by atoms with Crippen molar-refractivity contribution in [1.82, 2.24) is 4.72 Å². The maximum Gasteiger partial charge on any atom is 0.0284 e. The fraction of sp³-hybridized carbons (Fsp3) is 0.200. The SMILES string of the molecule is C=C(C)NSc1ccc(C)cc1. The van der Waals surface area contributed by atoms with Crippen molar-refractivity contribution in [1.29, 1.82) is 0 Å². The normalized spacial score (nSPS) is 9.50. The fourth-order valence-corrected chi connectivity index (χ4v) is 1.32. The van der Waals surface area contributed by atoms with Crippen LogP contribution < -0.4 is 4.72 Å². The summed E-state index contributed by atoms with van der Waals surface area (Å²) < 4.78 is 3.10. The van der Waals surface area contributed by atoms with Gasteiger partial charge in [-0.25, -0.2) is 0 Å². The lowest BCUT2D eigenvalue weighted by Crippen LogP contribution is -1.96. The zero-order chi connectivity index (χ0) is 8.97. The molecule has 0 aliphatic carbocycles. The highest BCUT2D eigenvalue weighted by Crippen LogP contribution is 2.15. The monoisotopic (exact) mass is 179 g/mol. The van der Waals surface area contributed by atoms with Crippen LogP contribution >= 0.6 is 11.9 Å². The molecule has 1 aromatic rings. The number of hydrogen-bond donors (Lipinski definition) is 1. The summed E-state index contributed by atoms with van der Waals surface area (Å²) in [5.41, 5.74) is 2.26. The van der Waals surface area contributed by atoms with E-state index in [1.54, 1.807) is 11.9 Å². The van der Waals surface area contributed by atoms with Gasteiger partial charge in [-0.3, -0.25) is 0 Å². The van der Waals surface area contributed by atoms with Crippen LogP contribution in [0.1, 0.15) is 12.5 Å². The lowest BCUT2D eigenvalue weighted by atomic mass is 10.2. The highest BCUT2D eigenvalue weighted by molar-refractivity contribution is 7.97. The molecule has 1 aromatic carbocycles. The molecule has 1 rings (SSSR count). The first-order valence-corrected chi connectivity index (χ1v) is 4.65. The maximum atomic E-state index is 3.76. The lowest BCUT2D eigenvalue weighted by Gasteiger charge is -2.03. The summed E-state index contributed by atoms with van der Waals surface area (Å²) in [6, 6.07) is 8.39. The van der Waals surface area contributed by atoms with Gasteiger partial charge >= 0.3 is 0 Å². The molecule has 0 aliphatic heterocycles. The zero-order valence-electron chi connectivity index (χ0n) is 7.42. The number of hydrogen-bond acceptors (Lipinski definition) is 2. The molecule has 0 heterocycles. The lowest BCUT2D eigenvalue weighted by molar-refractivity contribution is 1.21. The summed E-state index contributed by atoms with van der Waals surface area (Å²) in [7, 11) is 0. The largest absolute Gasteiger partial charge is 0.330 e. The summed E-state index contributed by atoms with van der Waals surface area (Å²) in [6.45, 7) is 7.79. The first kappa shape index (κ1) is 9.20. The Kier molecular flexibility index (Phi) is 3.23. The maximum absolute atomic E-state index is 3.76. The Hall–Kier alpha value is -0.890. The van der Waals surface area contributed by atoms with Crippen molar-refractivity contribution in [3.63, 3.8) is 0 Å². The number of rotatable bonds is 3. The van der Waals surface area contributed by atoms with Gasteiger partial charge in [0, 0.05) is 10.6 Å². The second-order valence-electron chi connectivity index (χ2n) is 2.80. The molecule has 0 unspecified atom stereocenters. The molecule has 64 valence electrons. The average Bonchev–Trinajstić information content (AvgIpc) is 2.03. The third-order valence-electron chi connectivity index (χ3n) is 1.36. The molecule has 0 saturated heterocycles. The van der Waals surface area contributed by atoms with Crippen LogP contribution in [0.3, 0.4) is 0 Å². The van der Waals surface area contributed by atoms with E-state index in [9.17, 15) is 0 Å². The molecule has 0 atom stereocenters. The van der Waals surface area contributed by atoms with Crippen LogP contribution in [-0.2, 0) is 0 Å². The summed E-state index contributed by atoms with van der Waals surface area (Å²) >= 11 is 1.59. The Labute approximate surface area is 78.0 Å². The van der Waals surface area contributed by atoms with E-state index in [-0.39, 0.29) is 0 Å². The minimum Gasteiger partial charge on any atom is -0.330 e. The van der Waals surface area contributed by atoms with E-state index >= 15 is 0 Å². The van der Waals surface area contributed by atoms with Crippen molar-refractivity contribution in [2.24, 2.45) is 0 Å². The summed E-state index contributed by atoms with van der Waals surface area (Å²) in [5, 5.41) is 0. The minimum absolute atomic E-state index is 0.973. The molecular formula is C10H13NS. The predicted octanol–water partition coefficient (Wildman–Crippen LogP) is 3.13. The highest BCUT2D eigenvalue weighted by atomic mass is 32.2. The van der Waals surface area contributed by atoms with Crippen molar-refractivity contribution >= 4 is 11.9 Å². The molecule has 0 amide bonds. The molecule has 0 aliphatic rings. The van der Waals surface area contributed by atoms with Gasteiger partial charge in [0.25, 0.3) is 0 Å². The molecule has 1 N–H and O–H groups in total. The molecule has 1 nitrogen and oxygen atoms in total. The van der Waals surface area contributed by atoms with E-state index < -0.39 is 0 Å². The smallest absolute Gasteiger partial charge is 0.0284 e. The average molecular weight is 179 g/mol. The Morgan fingerprint density at radius 1 is 1.33 bits per heavy atom. The summed E-state index contributed by atoms with van der Waals surface area (Å²) in [6.07, 6.45) is 0. The number of aryl methyl sites for hydroxylation is 1. The molecule has 0 fully saturated rings. The molecule has 0 aromatic heterocycles.